The summed E-state index contributed by atoms with van der Waals surface area (Å²) in [6.45, 7) is 6.69. The molecule has 0 aromatic rings. The average molecular weight is 932 g/mol. The van der Waals surface area contributed by atoms with E-state index in [1.807, 2.05) is 0 Å². The third kappa shape index (κ3) is 53.1. The van der Waals surface area contributed by atoms with Crippen LogP contribution < -0.4 is 0 Å². The quantitative estimate of drug-likeness (QED) is 0.0262. The molecule has 6 nitrogen and oxygen atoms in total. The number of rotatable bonds is 55. The van der Waals surface area contributed by atoms with Crippen LogP contribution in [0.4, 0.5) is 0 Å². The lowest BCUT2D eigenvalue weighted by Gasteiger charge is -2.18. The second-order valence-corrected chi connectivity index (χ2v) is 20.3. The Morgan fingerprint density at radius 2 is 0.500 bits per heavy atom. The number of allylic oxidation sites excluding steroid dienone is 2. The zero-order chi connectivity index (χ0) is 47.9. The molecule has 0 saturated carbocycles. The van der Waals surface area contributed by atoms with Crippen molar-refractivity contribution in [1.82, 2.24) is 0 Å². The number of hydrogen-bond donors (Lipinski definition) is 0. The van der Waals surface area contributed by atoms with Crippen LogP contribution >= 0.6 is 0 Å². The molecule has 0 aliphatic carbocycles. The first-order valence-electron chi connectivity index (χ1n) is 29.7. The minimum Gasteiger partial charge on any atom is -0.462 e. The van der Waals surface area contributed by atoms with Gasteiger partial charge in [-0.3, -0.25) is 14.4 Å². The van der Waals surface area contributed by atoms with Crippen molar-refractivity contribution in [3.63, 3.8) is 0 Å². The minimum atomic E-state index is -0.766. The van der Waals surface area contributed by atoms with Gasteiger partial charge in [-0.15, -0.1) is 0 Å². The van der Waals surface area contributed by atoms with E-state index in [9.17, 15) is 14.4 Å². The summed E-state index contributed by atoms with van der Waals surface area (Å²) in [5.41, 5.74) is 0. The van der Waals surface area contributed by atoms with Crippen molar-refractivity contribution in [2.75, 3.05) is 13.2 Å². The average Bonchev–Trinajstić information content (AvgIpc) is 3.31. The highest BCUT2D eigenvalue weighted by molar-refractivity contribution is 5.71. The maximum absolute atomic E-state index is 12.9. The van der Waals surface area contributed by atoms with Gasteiger partial charge in [-0.1, -0.05) is 283 Å². The van der Waals surface area contributed by atoms with Gasteiger partial charge in [0.2, 0.25) is 0 Å². The molecule has 0 aliphatic heterocycles. The molecule has 0 aliphatic rings. The molecule has 390 valence electrons. The monoisotopic (exact) mass is 931 g/mol. The summed E-state index contributed by atoms with van der Waals surface area (Å²) >= 11 is 0. The molecule has 0 fully saturated rings. The summed E-state index contributed by atoms with van der Waals surface area (Å²) in [4.78, 5) is 38.1. The number of hydrogen-bond acceptors (Lipinski definition) is 6. The molecule has 0 bridgehead atoms. The number of esters is 3. The van der Waals surface area contributed by atoms with Gasteiger partial charge >= 0.3 is 17.9 Å². The van der Waals surface area contributed by atoms with E-state index < -0.39 is 6.10 Å². The van der Waals surface area contributed by atoms with Crippen LogP contribution in [0.1, 0.15) is 335 Å². The van der Waals surface area contributed by atoms with Crippen LogP contribution in [-0.2, 0) is 28.6 Å². The highest BCUT2D eigenvalue weighted by Gasteiger charge is 2.19. The Morgan fingerprint density at radius 1 is 0.288 bits per heavy atom. The molecule has 0 aromatic carbocycles. The standard InChI is InChI=1S/C60H114O6/c1-4-7-10-13-16-19-22-25-27-29-30-32-33-35-38-41-44-47-50-53-59(62)65-56-57(55-64-58(61)52-49-46-43-40-37-24-21-18-15-12-9-6-3)66-60(63)54-51-48-45-42-39-36-34-31-28-26-23-20-17-14-11-8-5-2/h29-30,57H,4-28,31-56H2,1-3H3/b30-29-. The molecule has 0 aromatic heterocycles. The van der Waals surface area contributed by atoms with Gasteiger partial charge in [-0.25, -0.2) is 0 Å². The Balaban J connectivity index is 4.28. The SMILES string of the molecule is CCCCCCCCCC/C=C\CCCCCCCCCC(=O)OCC(COC(=O)CCCCCCCCCCCCCC)OC(=O)CCCCCCCCCCCCCCCCCCC. The Kier molecular flexibility index (Phi) is 54.2. The van der Waals surface area contributed by atoms with Gasteiger partial charge in [0, 0.05) is 19.3 Å². The summed E-state index contributed by atoms with van der Waals surface area (Å²) in [5.74, 6) is -0.845. The number of carbonyl (C=O) groups excluding carboxylic acids is 3. The Morgan fingerprint density at radius 3 is 0.758 bits per heavy atom. The molecule has 0 heterocycles. The molecule has 0 saturated heterocycles. The van der Waals surface area contributed by atoms with Gasteiger partial charge in [-0.05, 0) is 44.9 Å². The smallest absolute Gasteiger partial charge is 0.306 e. The van der Waals surface area contributed by atoms with E-state index in [0.717, 1.165) is 57.8 Å². The Labute approximate surface area is 411 Å². The van der Waals surface area contributed by atoms with Gasteiger partial charge in [-0.2, -0.15) is 0 Å². The highest BCUT2D eigenvalue weighted by Crippen LogP contribution is 2.17. The van der Waals surface area contributed by atoms with E-state index in [1.165, 1.54) is 238 Å². The van der Waals surface area contributed by atoms with E-state index in [-0.39, 0.29) is 31.1 Å². The van der Waals surface area contributed by atoms with Gasteiger partial charge in [0.25, 0.3) is 0 Å². The lowest BCUT2D eigenvalue weighted by atomic mass is 10.0. The number of unbranched alkanes of at least 4 members (excludes halogenated alkanes) is 42. The van der Waals surface area contributed by atoms with Crippen molar-refractivity contribution in [3.05, 3.63) is 12.2 Å². The predicted molar refractivity (Wildman–Crippen MR) is 284 cm³/mol. The maximum Gasteiger partial charge on any atom is 0.306 e. The van der Waals surface area contributed by atoms with Gasteiger partial charge in [0.05, 0.1) is 0 Å². The van der Waals surface area contributed by atoms with Crippen molar-refractivity contribution in [2.24, 2.45) is 0 Å². The van der Waals surface area contributed by atoms with Crippen molar-refractivity contribution in [1.29, 1.82) is 0 Å². The molecule has 66 heavy (non-hydrogen) atoms. The third-order valence-corrected chi connectivity index (χ3v) is 13.5. The summed E-state index contributed by atoms with van der Waals surface area (Å²) in [6.07, 6.45) is 63.5. The summed E-state index contributed by atoms with van der Waals surface area (Å²) in [6, 6.07) is 0. The van der Waals surface area contributed by atoms with Gasteiger partial charge in [0.1, 0.15) is 13.2 Å². The largest absolute Gasteiger partial charge is 0.462 e. The van der Waals surface area contributed by atoms with Gasteiger partial charge in [0.15, 0.2) is 6.10 Å². The summed E-state index contributed by atoms with van der Waals surface area (Å²) < 4.78 is 16.9. The van der Waals surface area contributed by atoms with Crippen molar-refractivity contribution in [2.45, 2.75) is 341 Å². The molecular weight excluding hydrogens is 817 g/mol. The maximum atomic E-state index is 12.9. The molecule has 0 radical (unpaired) electrons. The molecule has 1 atom stereocenters. The molecular formula is C60H114O6. The minimum absolute atomic E-state index is 0.0653. The van der Waals surface area contributed by atoms with E-state index >= 15 is 0 Å². The van der Waals surface area contributed by atoms with Crippen LogP contribution in [0.15, 0.2) is 12.2 Å². The topological polar surface area (TPSA) is 78.9 Å². The lowest BCUT2D eigenvalue weighted by Crippen LogP contribution is -2.30. The zero-order valence-corrected chi connectivity index (χ0v) is 44.7. The first kappa shape index (κ1) is 64.2. The van der Waals surface area contributed by atoms with Crippen LogP contribution in [0.2, 0.25) is 0 Å². The fourth-order valence-corrected chi connectivity index (χ4v) is 9.03. The van der Waals surface area contributed by atoms with E-state index in [2.05, 4.69) is 32.9 Å². The first-order chi connectivity index (χ1) is 32.5. The van der Waals surface area contributed by atoms with E-state index in [0.29, 0.717) is 19.3 Å². The van der Waals surface area contributed by atoms with Gasteiger partial charge < -0.3 is 14.2 Å². The second kappa shape index (κ2) is 55.7. The van der Waals surface area contributed by atoms with Crippen LogP contribution in [-0.4, -0.2) is 37.2 Å². The van der Waals surface area contributed by atoms with E-state index in [1.54, 1.807) is 0 Å². The highest BCUT2D eigenvalue weighted by atomic mass is 16.6. The molecule has 6 heteroatoms. The van der Waals surface area contributed by atoms with Crippen molar-refractivity contribution >= 4 is 17.9 Å². The molecule has 0 amide bonds. The van der Waals surface area contributed by atoms with E-state index in [4.69, 9.17) is 14.2 Å². The molecule has 0 N–H and O–H groups in total. The van der Waals surface area contributed by atoms with Crippen LogP contribution in [0, 0.1) is 0 Å². The lowest BCUT2D eigenvalue weighted by molar-refractivity contribution is -0.167. The number of carbonyl (C=O) groups is 3. The first-order valence-corrected chi connectivity index (χ1v) is 29.7. The van der Waals surface area contributed by atoms with Crippen LogP contribution in [0.25, 0.3) is 0 Å². The van der Waals surface area contributed by atoms with Crippen molar-refractivity contribution in [3.8, 4) is 0 Å². The summed E-state index contributed by atoms with van der Waals surface area (Å²) in [5, 5.41) is 0. The predicted octanol–water partition coefficient (Wildman–Crippen LogP) is 19.7. The number of ether oxygens (including phenoxy) is 3. The third-order valence-electron chi connectivity index (χ3n) is 13.5. The summed E-state index contributed by atoms with van der Waals surface area (Å²) in [7, 11) is 0. The van der Waals surface area contributed by atoms with Crippen molar-refractivity contribution < 1.29 is 28.6 Å². The van der Waals surface area contributed by atoms with Crippen LogP contribution in [0.3, 0.4) is 0 Å². The molecule has 0 spiro atoms. The normalized spacial score (nSPS) is 12.0. The fraction of sp³-hybridized carbons (Fsp3) is 0.917. The Bertz CT molecular complexity index is 1020. The molecule has 1 unspecified atom stereocenters. The van der Waals surface area contributed by atoms with Crippen LogP contribution in [0.5, 0.6) is 0 Å². The molecule has 0 rings (SSSR count). The second-order valence-electron chi connectivity index (χ2n) is 20.3. The zero-order valence-electron chi connectivity index (χ0n) is 44.7. The Hall–Kier alpha value is -1.85. The fourth-order valence-electron chi connectivity index (χ4n) is 9.03.